The summed E-state index contributed by atoms with van der Waals surface area (Å²) in [5.41, 5.74) is 3.83. The molecule has 3 aromatic rings. The first-order chi connectivity index (χ1) is 20.6. The number of piperazine rings is 1. The zero-order valence-corrected chi connectivity index (χ0v) is 24.7. The van der Waals surface area contributed by atoms with Crippen LogP contribution in [-0.2, 0) is 14.8 Å². The second kappa shape index (κ2) is 13.2. The van der Waals surface area contributed by atoms with Gasteiger partial charge in [0.1, 0.15) is 18.1 Å². The summed E-state index contributed by atoms with van der Waals surface area (Å²) in [5, 5.41) is 6.36. The normalized spacial score (nSPS) is 19.4. The van der Waals surface area contributed by atoms with Gasteiger partial charge in [0.2, 0.25) is 15.9 Å². The summed E-state index contributed by atoms with van der Waals surface area (Å²) in [6, 6.07) is 20.0. The lowest BCUT2D eigenvalue weighted by atomic mass is 10.0. The quantitative estimate of drug-likeness (QED) is 0.324. The van der Waals surface area contributed by atoms with Crippen LogP contribution in [0.5, 0.6) is 0 Å². The van der Waals surface area contributed by atoms with Crippen LogP contribution in [0.4, 0.5) is 4.39 Å². The van der Waals surface area contributed by atoms with E-state index in [0.29, 0.717) is 24.1 Å². The standard InChI is InChI=1S/C32H35FN4O5S/c1-43(41,42)37-18-16-36(17-19-37)32(40)29(14-15-34-30-20-28(30)25-10-12-27(33)13-11-25)35-31(39)26-8-6-24(7-9-26)23-4-2-22(21-38)3-5-23/h2-13,21,28-30,34H,14-20H2,1H3,(H,35,39)/t28-,29+,30+/m1/s1. The molecule has 1 saturated carbocycles. The van der Waals surface area contributed by atoms with Crippen molar-refractivity contribution in [2.75, 3.05) is 39.0 Å². The number of amides is 2. The Bertz CT molecular complexity index is 1550. The Morgan fingerprint density at radius 3 is 2.12 bits per heavy atom. The van der Waals surface area contributed by atoms with E-state index in [2.05, 4.69) is 10.6 Å². The number of sulfonamides is 1. The minimum absolute atomic E-state index is 0.209. The molecule has 2 aliphatic rings. The van der Waals surface area contributed by atoms with Crippen LogP contribution in [0.3, 0.4) is 0 Å². The Labute approximate surface area is 251 Å². The topological polar surface area (TPSA) is 116 Å². The van der Waals surface area contributed by atoms with Crippen molar-refractivity contribution < 1.29 is 27.2 Å². The molecule has 0 bridgehead atoms. The van der Waals surface area contributed by atoms with Gasteiger partial charge in [-0.2, -0.15) is 4.31 Å². The maximum Gasteiger partial charge on any atom is 0.251 e. The molecule has 1 heterocycles. The van der Waals surface area contributed by atoms with Gasteiger partial charge in [-0.1, -0.05) is 48.5 Å². The smallest absolute Gasteiger partial charge is 0.251 e. The van der Waals surface area contributed by atoms with Gasteiger partial charge in [-0.05, 0) is 60.3 Å². The van der Waals surface area contributed by atoms with Crippen molar-refractivity contribution in [1.82, 2.24) is 19.8 Å². The maximum absolute atomic E-state index is 13.6. The molecule has 3 atom stereocenters. The van der Waals surface area contributed by atoms with E-state index in [4.69, 9.17) is 0 Å². The van der Waals surface area contributed by atoms with Crippen LogP contribution in [-0.4, -0.2) is 86.8 Å². The van der Waals surface area contributed by atoms with Gasteiger partial charge in [0.05, 0.1) is 6.26 Å². The second-order valence-electron chi connectivity index (χ2n) is 11.1. The Morgan fingerprint density at radius 1 is 0.930 bits per heavy atom. The summed E-state index contributed by atoms with van der Waals surface area (Å²) < 4.78 is 38.5. The molecule has 0 aromatic heterocycles. The van der Waals surface area contributed by atoms with Crippen molar-refractivity contribution in [1.29, 1.82) is 0 Å². The van der Waals surface area contributed by atoms with Crippen molar-refractivity contribution in [3.63, 3.8) is 0 Å². The molecule has 226 valence electrons. The molecule has 5 rings (SSSR count). The van der Waals surface area contributed by atoms with Crippen molar-refractivity contribution in [2.24, 2.45) is 0 Å². The first-order valence-electron chi connectivity index (χ1n) is 14.3. The molecule has 1 aliphatic heterocycles. The third kappa shape index (κ3) is 7.73. The summed E-state index contributed by atoms with van der Waals surface area (Å²) in [6.07, 6.45) is 3.20. The van der Waals surface area contributed by atoms with Crippen LogP contribution in [0.1, 0.15) is 45.0 Å². The molecule has 11 heteroatoms. The van der Waals surface area contributed by atoms with Crippen molar-refractivity contribution in [3.05, 3.63) is 95.3 Å². The molecule has 2 fully saturated rings. The molecule has 2 N–H and O–H groups in total. The van der Waals surface area contributed by atoms with Gasteiger partial charge in [0, 0.05) is 49.3 Å². The number of rotatable bonds is 11. The van der Waals surface area contributed by atoms with E-state index in [9.17, 15) is 27.2 Å². The van der Waals surface area contributed by atoms with Crippen LogP contribution >= 0.6 is 0 Å². The molecule has 2 amide bonds. The highest BCUT2D eigenvalue weighted by Gasteiger charge is 2.38. The monoisotopic (exact) mass is 606 g/mol. The van der Waals surface area contributed by atoms with E-state index >= 15 is 0 Å². The largest absolute Gasteiger partial charge is 0.340 e. The summed E-state index contributed by atoms with van der Waals surface area (Å²) in [4.78, 5) is 39.4. The summed E-state index contributed by atoms with van der Waals surface area (Å²) in [5.74, 6) is -0.625. The number of aldehydes is 1. The number of benzene rings is 3. The van der Waals surface area contributed by atoms with E-state index in [0.717, 1.165) is 35.7 Å². The fourth-order valence-electron chi connectivity index (χ4n) is 5.44. The number of carbonyl (C=O) groups is 3. The highest BCUT2D eigenvalue weighted by Crippen LogP contribution is 2.40. The molecule has 0 radical (unpaired) electrons. The Morgan fingerprint density at radius 2 is 1.53 bits per heavy atom. The molecule has 1 aliphatic carbocycles. The van der Waals surface area contributed by atoms with Gasteiger partial charge in [0.15, 0.2) is 0 Å². The lowest BCUT2D eigenvalue weighted by molar-refractivity contribution is -0.134. The zero-order valence-electron chi connectivity index (χ0n) is 23.9. The van der Waals surface area contributed by atoms with E-state index in [-0.39, 0.29) is 55.8 Å². The summed E-state index contributed by atoms with van der Waals surface area (Å²) >= 11 is 0. The number of nitrogens with zero attached hydrogens (tertiary/aromatic N) is 2. The second-order valence-corrected chi connectivity index (χ2v) is 13.1. The minimum Gasteiger partial charge on any atom is -0.340 e. The van der Waals surface area contributed by atoms with E-state index in [1.165, 1.54) is 16.4 Å². The van der Waals surface area contributed by atoms with Crippen LogP contribution < -0.4 is 10.6 Å². The van der Waals surface area contributed by atoms with Crippen LogP contribution in [0, 0.1) is 5.82 Å². The Kier molecular flexibility index (Phi) is 9.34. The molecule has 1 saturated heterocycles. The Balaban J connectivity index is 1.23. The van der Waals surface area contributed by atoms with Gasteiger partial charge in [-0.15, -0.1) is 0 Å². The van der Waals surface area contributed by atoms with Gasteiger partial charge in [-0.3, -0.25) is 14.4 Å². The number of hydrogen-bond donors (Lipinski definition) is 2. The number of carbonyl (C=O) groups excluding carboxylic acids is 3. The fraction of sp³-hybridized carbons (Fsp3) is 0.344. The van der Waals surface area contributed by atoms with E-state index < -0.39 is 16.1 Å². The van der Waals surface area contributed by atoms with Gasteiger partial charge in [-0.25, -0.2) is 12.8 Å². The molecule has 0 spiro atoms. The van der Waals surface area contributed by atoms with Gasteiger partial charge in [0.25, 0.3) is 5.91 Å². The molecular weight excluding hydrogens is 571 g/mol. The average Bonchev–Trinajstić information content (AvgIpc) is 3.79. The molecular formula is C32H35FN4O5S. The van der Waals surface area contributed by atoms with E-state index in [1.54, 1.807) is 41.3 Å². The van der Waals surface area contributed by atoms with E-state index in [1.807, 2.05) is 24.3 Å². The first-order valence-corrected chi connectivity index (χ1v) is 16.2. The highest BCUT2D eigenvalue weighted by atomic mass is 32.2. The highest BCUT2D eigenvalue weighted by molar-refractivity contribution is 7.88. The number of hydrogen-bond acceptors (Lipinski definition) is 6. The van der Waals surface area contributed by atoms with Gasteiger partial charge < -0.3 is 15.5 Å². The predicted molar refractivity (Wildman–Crippen MR) is 162 cm³/mol. The van der Waals surface area contributed by atoms with Crippen LogP contribution in [0.25, 0.3) is 11.1 Å². The molecule has 3 aromatic carbocycles. The van der Waals surface area contributed by atoms with Crippen molar-refractivity contribution in [3.8, 4) is 11.1 Å². The zero-order chi connectivity index (χ0) is 30.6. The third-order valence-electron chi connectivity index (χ3n) is 8.08. The van der Waals surface area contributed by atoms with Crippen molar-refractivity contribution >= 4 is 28.1 Å². The Hall–Kier alpha value is -3.93. The minimum atomic E-state index is -3.35. The lowest BCUT2D eigenvalue weighted by Gasteiger charge is -2.35. The number of nitrogens with one attached hydrogen (secondary N) is 2. The third-order valence-corrected chi connectivity index (χ3v) is 9.38. The fourth-order valence-corrected chi connectivity index (χ4v) is 6.27. The average molecular weight is 607 g/mol. The lowest BCUT2D eigenvalue weighted by Crippen LogP contribution is -2.56. The molecule has 43 heavy (non-hydrogen) atoms. The van der Waals surface area contributed by atoms with Gasteiger partial charge >= 0.3 is 0 Å². The molecule has 9 nitrogen and oxygen atoms in total. The first kappa shape index (κ1) is 30.5. The van der Waals surface area contributed by atoms with Crippen LogP contribution in [0.2, 0.25) is 0 Å². The summed E-state index contributed by atoms with van der Waals surface area (Å²) in [7, 11) is -3.35. The molecule has 0 unspecified atom stereocenters. The summed E-state index contributed by atoms with van der Waals surface area (Å²) in [6.45, 7) is 1.40. The van der Waals surface area contributed by atoms with Crippen molar-refractivity contribution in [2.45, 2.75) is 30.8 Å². The maximum atomic E-state index is 13.6. The van der Waals surface area contributed by atoms with Crippen LogP contribution in [0.15, 0.2) is 72.8 Å². The SMILES string of the molecule is CS(=O)(=O)N1CCN(C(=O)[C@H](CCN[C@H]2C[C@@H]2c2ccc(F)cc2)NC(=O)c2ccc(-c3ccc(C=O)cc3)cc2)CC1. The predicted octanol–water partition coefficient (Wildman–Crippen LogP) is 3.04. The number of halogens is 1.